The van der Waals surface area contributed by atoms with Crippen LogP contribution in [0.1, 0.15) is 31.0 Å². The normalized spacial score (nSPS) is 16.3. The molecule has 3 rings (SSSR count). The number of methoxy groups -OCH3 is 1. The van der Waals surface area contributed by atoms with Gasteiger partial charge in [-0.3, -0.25) is 0 Å². The number of nitrogens with one attached hydrogen (secondary N) is 2. The van der Waals surface area contributed by atoms with Crippen molar-refractivity contribution in [1.82, 2.24) is 10.6 Å². The number of benzene rings is 2. The molecule has 1 heterocycles. The number of urea groups is 1. The molecule has 2 aromatic carbocycles. The zero-order chi connectivity index (χ0) is 21.1. The van der Waals surface area contributed by atoms with E-state index in [0.717, 1.165) is 0 Å². The Labute approximate surface area is 178 Å². The van der Waals surface area contributed by atoms with Gasteiger partial charge in [-0.05, 0) is 55.3 Å². The number of hydrogen-bond acceptors (Lipinski definition) is 4. The third-order valence-corrected chi connectivity index (χ3v) is 5.14. The summed E-state index contributed by atoms with van der Waals surface area (Å²) in [6.45, 7) is 3.50. The summed E-state index contributed by atoms with van der Waals surface area (Å²) in [5, 5.41) is 6.04. The maximum Gasteiger partial charge on any atom is 0.338 e. The van der Waals surface area contributed by atoms with E-state index in [1.807, 2.05) is 0 Å². The number of rotatable bonds is 5. The highest BCUT2D eigenvalue weighted by atomic mass is 35.5. The third kappa shape index (κ3) is 4.49. The maximum atomic E-state index is 13.0. The Morgan fingerprint density at radius 3 is 2.41 bits per heavy atom. The van der Waals surface area contributed by atoms with Crippen LogP contribution in [0.5, 0.6) is 5.75 Å². The maximum absolute atomic E-state index is 13.0. The lowest BCUT2D eigenvalue weighted by atomic mass is 9.92. The number of halogens is 2. The van der Waals surface area contributed by atoms with Gasteiger partial charge in [-0.15, -0.1) is 0 Å². The Bertz CT molecular complexity index is 971. The zero-order valence-electron chi connectivity index (χ0n) is 16.1. The van der Waals surface area contributed by atoms with Crippen LogP contribution in [0.25, 0.3) is 5.70 Å². The highest BCUT2D eigenvalue weighted by Crippen LogP contribution is 2.38. The molecule has 0 aliphatic carbocycles. The van der Waals surface area contributed by atoms with E-state index in [-0.39, 0.29) is 16.7 Å². The molecule has 0 aromatic heterocycles. The van der Waals surface area contributed by atoms with Gasteiger partial charge in [0.1, 0.15) is 5.75 Å². The Morgan fingerprint density at radius 2 is 1.79 bits per heavy atom. The van der Waals surface area contributed by atoms with Crippen LogP contribution in [0.3, 0.4) is 0 Å². The van der Waals surface area contributed by atoms with E-state index in [1.54, 1.807) is 63.4 Å². The molecule has 0 saturated carbocycles. The summed E-state index contributed by atoms with van der Waals surface area (Å²) in [5.41, 5.74) is 1.69. The summed E-state index contributed by atoms with van der Waals surface area (Å²) in [4.78, 5) is 25.5. The van der Waals surface area contributed by atoms with Crippen LogP contribution >= 0.6 is 23.2 Å². The van der Waals surface area contributed by atoms with Gasteiger partial charge in [0.25, 0.3) is 0 Å². The Morgan fingerprint density at radius 1 is 1.10 bits per heavy atom. The average Bonchev–Trinajstić information content (AvgIpc) is 2.69. The lowest BCUT2D eigenvalue weighted by molar-refractivity contribution is -0.143. The molecule has 2 amide bonds. The van der Waals surface area contributed by atoms with E-state index >= 15 is 0 Å². The number of carbonyl (C=O) groups excluding carboxylic acids is 2. The van der Waals surface area contributed by atoms with Crippen molar-refractivity contribution in [2.45, 2.75) is 26.0 Å². The van der Waals surface area contributed by atoms with Crippen LogP contribution in [0.2, 0.25) is 10.0 Å². The summed E-state index contributed by atoms with van der Waals surface area (Å²) in [6.07, 6.45) is -0.347. The van der Waals surface area contributed by atoms with Crippen LogP contribution in [0, 0.1) is 0 Å². The van der Waals surface area contributed by atoms with Crippen molar-refractivity contribution < 1.29 is 19.1 Å². The SMILES string of the molecule is COc1ccc(C2=C(C(=O)OC(C)C)C(c3cccc(Cl)c3Cl)NC(=O)N2)cc1. The molecule has 152 valence electrons. The Hall–Kier alpha value is -2.70. The van der Waals surface area contributed by atoms with Gasteiger partial charge in [-0.1, -0.05) is 35.3 Å². The fraction of sp³-hybridized carbons (Fsp3) is 0.238. The monoisotopic (exact) mass is 434 g/mol. The largest absolute Gasteiger partial charge is 0.497 e. The highest BCUT2D eigenvalue weighted by molar-refractivity contribution is 6.42. The van der Waals surface area contributed by atoms with Crippen LogP contribution in [-0.2, 0) is 9.53 Å². The van der Waals surface area contributed by atoms with Crippen LogP contribution in [0.15, 0.2) is 48.0 Å². The quantitative estimate of drug-likeness (QED) is 0.667. The molecule has 0 spiro atoms. The van der Waals surface area contributed by atoms with Crippen molar-refractivity contribution in [3.05, 3.63) is 69.2 Å². The van der Waals surface area contributed by atoms with E-state index in [9.17, 15) is 9.59 Å². The summed E-state index contributed by atoms with van der Waals surface area (Å²) >= 11 is 12.5. The molecular formula is C21H20Cl2N2O4. The smallest absolute Gasteiger partial charge is 0.338 e. The predicted molar refractivity (Wildman–Crippen MR) is 112 cm³/mol. The van der Waals surface area contributed by atoms with Crippen molar-refractivity contribution >= 4 is 40.9 Å². The number of amides is 2. The Kier molecular flexibility index (Phi) is 6.35. The first-order chi connectivity index (χ1) is 13.8. The molecule has 2 aromatic rings. The van der Waals surface area contributed by atoms with Crippen molar-refractivity contribution in [2.75, 3.05) is 7.11 Å². The number of esters is 1. The summed E-state index contributed by atoms with van der Waals surface area (Å²) in [7, 11) is 1.56. The molecule has 1 aliphatic heterocycles. The van der Waals surface area contributed by atoms with E-state index in [2.05, 4.69) is 10.6 Å². The molecule has 1 unspecified atom stereocenters. The second kappa shape index (κ2) is 8.76. The van der Waals surface area contributed by atoms with Gasteiger partial charge in [0.2, 0.25) is 0 Å². The first-order valence-electron chi connectivity index (χ1n) is 8.92. The minimum atomic E-state index is -0.835. The van der Waals surface area contributed by atoms with Gasteiger partial charge < -0.3 is 20.1 Å². The number of hydrogen-bond donors (Lipinski definition) is 2. The standard InChI is InChI=1S/C21H20Cl2N2O4/c1-11(2)29-20(26)16-18(12-7-9-13(28-3)10-8-12)24-21(27)25-19(16)14-5-4-6-15(22)17(14)23/h4-11,19H,1-3H3,(H2,24,25,27). The molecule has 6 nitrogen and oxygen atoms in total. The van der Waals surface area contributed by atoms with Gasteiger partial charge in [-0.25, -0.2) is 9.59 Å². The van der Waals surface area contributed by atoms with Gasteiger partial charge >= 0.3 is 12.0 Å². The average molecular weight is 435 g/mol. The molecule has 0 bridgehead atoms. The predicted octanol–water partition coefficient (Wildman–Crippen LogP) is 4.72. The lowest BCUT2D eigenvalue weighted by Gasteiger charge is -2.30. The van der Waals surface area contributed by atoms with E-state index < -0.39 is 18.0 Å². The summed E-state index contributed by atoms with van der Waals surface area (Å²) in [5.74, 6) is 0.0784. The summed E-state index contributed by atoms with van der Waals surface area (Å²) < 4.78 is 10.6. The van der Waals surface area contributed by atoms with Crippen LogP contribution < -0.4 is 15.4 Å². The minimum absolute atomic E-state index is 0.229. The van der Waals surface area contributed by atoms with E-state index in [1.165, 1.54) is 0 Å². The summed E-state index contributed by atoms with van der Waals surface area (Å²) in [6, 6.07) is 10.7. The van der Waals surface area contributed by atoms with Crippen LogP contribution in [-0.4, -0.2) is 25.2 Å². The second-order valence-corrected chi connectivity index (χ2v) is 7.43. The first-order valence-corrected chi connectivity index (χ1v) is 9.68. The molecule has 29 heavy (non-hydrogen) atoms. The van der Waals surface area contributed by atoms with Gasteiger partial charge in [0.15, 0.2) is 0 Å². The highest BCUT2D eigenvalue weighted by Gasteiger charge is 2.36. The van der Waals surface area contributed by atoms with Crippen LogP contribution in [0.4, 0.5) is 4.79 Å². The molecule has 0 saturated heterocycles. The zero-order valence-corrected chi connectivity index (χ0v) is 17.6. The van der Waals surface area contributed by atoms with Crippen molar-refractivity contribution in [3.63, 3.8) is 0 Å². The van der Waals surface area contributed by atoms with E-state index in [0.29, 0.717) is 27.6 Å². The minimum Gasteiger partial charge on any atom is -0.497 e. The number of ether oxygens (including phenoxy) is 2. The van der Waals surface area contributed by atoms with Crippen molar-refractivity contribution in [1.29, 1.82) is 0 Å². The molecule has 0 fully saturated rings. The van der Waals surface area contributed by atoms with Crippen molar-refractivity contribution in [3.8, 4) is 5.75 Å². The third-order valence-electron chi connectivity index (χ3n) is 4.31. The Balaban J connectivity index is 2.21. The van der Waals surface area contributed by atoms with Gasteiger partial charge in [-0.2, -0.15) is 0 Å². The van der Waals surface area contributed by atoms with Gasteiger partial charge in [0.05, 0.1) is 40.6 Å². The topological polar surface area (TPSA) is 76.7 Å². The molecule has 8 heteroatoms. The molecule has 1 aliphatic rings. The van der Waals surface area contributed by atoms with Gasteiger partial charge in [0, 0.05) is 0 Å². The fourth-order valence-corrected chi connectivity index (χ4v) is 3.44. The fourth-order valence-electron chi connectivity index (χ4n) is 3.02. The van der Waals surface area contributed by atoms with Crippen molar-refractivity contribution in [2.24, 2.45) is 0 Å². The second-order valence-electron chi connectivity index (χ2n) is 6.65. The molecular weight excluding hydrogens is 415 g/mol. The lowest BCUT2D eigenvalue weighted by Crippen LogP contribution is -2.45. The number of carbonyl (C=O) groups is 2. The first kappa shape index (κ1) is 21.0. The molecule has 1 atom stereocenters. The molecule has 0 radical (unpaired) electrons. The molecule has 2 N–H and O–H groups in total. The van der Waals surface area contributed by atoms with E-state index in [4.69, 9.17) is 32.7 Å².